The predicted octanol–water partition coefficient (Wildman–Crippen LogP) is 0.0783. The van der Waals surface area contributed by atoms with E-state index in [9.17, 15) is 24.0 Å². The molecule has 0 aromatic heterocycles. The molecule has 10 nitrogen and oxygen atoms in total. The molecule has 0 spiro atoms. The average molecular weight is 444 g/mol. The number of nitrogens with one attached hydrogen (secondary N) is 1. The zero-order valence-corrected chi connectivity index (χ0v) is 18.4. The molecule has 2 fully saturated rings. The Morgan fingerprint density at radius 3 is 2.12 bits per heavy atom. The summed E-state index contributed by atoms with van der Waals surface area (Å²) < 4.78 is 4.94. The van der Waals surface area contributed by atoms with Gasteiger partial charge in [0.15, 0.2) is 6.61 Å². The molecule has 1 aromatic carbocycles. The number of piperazine rings is 1. The van der Waals surface area contributed by atoms with Gasteiger partial charge in [0.1, 0.15) is 6.54 Å². The van der Waals surface area contributed by atoms with Crippen LogP contribution in [0.25, 0.3) is 0 Å². The molecule has 0 atom stereocenters. The molecule has 32 heavy (non-hydrogen) atoms. The van der Waals surface area contributed by atoms with Crippen LogP contribution in [0.4, 0.5) is 5.69 Å². The fourth-order valence-electron chi connectivity index (χ4n) is 3.76. The average Bonchev–Trinajstić information content (AvgIpc) is 3.07. The van der Waals surface area contributed by atoms with Gasteiger partial charge in [0.2, 0.25) is 17.7 Å². The minimum Gasteiger partial charge on any atom is -0.454 e. The number of ether oxygens (including phenoxy) is 1. The van der Waals surface area contributed by atoms with E-state index < -0.39 is 30.9 Å². The number of imide groups is 1. The molecular formula is C22H28N4O6. The fraction of sp³-hybridized carbons (Fsp3) is 0.500. The number of hydrogen-bond donors (Lipinski definition) is 1. The Bertz CT molecular complexity index is 887. The zero-order chi connectivity index (χ0) is 23.3. The topological polar surface area (TPSA) is 116 Å². The Hall–Kier alpha value is -3.27. The Labute approximate surface area is 186 Å². The zero-order valence-electron chi connectivity index (χ0n) is 18.4. The Morgan fingerprint density at radius 2 is 1.53 bits per heavy atom. The minimum atomic E-state index is -0.788. The van der Waals surface area contributed by atoms with Crippen molar-refractivity contribution >= 4 is 35.3 Å². The maximum Gasteiger partial charge on any atom is 0.326 e. The number of anilines is 1. The maximum atomic E-state index is 12.4. The molecule has 0 saturated carbocycles. The van der Waals surface area contributed by atoms with Crippen molar-refractivity contribution in [3.05, 3.63) is 29.3 Å². The van der Waals surface area contributed by atoms with Gasteiger partial charge in [0.05, 0.1) is 6.54 Å². The molecule has 0 unspecified atom stereocenters. The molecule has 0 bridgehead atoms. The molecule has 172 valence electrons. The van der Waals surface area contributed by atoms with Gasteiger partial charge < -0.3 is 15.0 Å². The number of hydrogen-bond acceptors (Lipinski definition) is 7. The van der Waals surface area contributed by atoms with Crippen molar-refractivity contribution in [1.82, 2.24) is 14.7 Å². The van der Waals surface area contributed by atoms with E-state index in [-0.39, 0.29) is 31.2 Å². The van der Waals surface area contributed by atoms with Crippen molar-refractivity contribution in [2.75, 3.05) is 51.2 Å². The second-order valence-corrected chi connectivity index (χ2v) is 8.01. The highest BCUT2D eigenvalue weighted by molar-refractivity contribution is 6.04. The van der Waals surface area contributed by atoms with Crippen LogP contribution in [0.15, 0.2) is 18.2 Å². The van der Waals surface area contributed by atoms with E-state index in [1.54, 1.807) is 4.90 Å². The summed E-state index contributed by atoms with van der Waals surface area (Å²) in [4.78, 5) is 64.1. The first-order valence-electron chi connectivity index (χ1n) is 10.6. The first-order chi connectivity index (χ1) is 15.2. The van der Waals surface area contributed by atoms with E-state index in [1.165, 1.54) is 0 Å². The largest absolute Gasteiger partial charge is 0.454 e. The van der Waals surface area contributed by atoms with Crippen LogP contribution in [-0.4, -0.2) is 90.2 Å². The highest BCUT2D eigenvalue weighted by Gasteiger charge is 2.31. The van der Waals surface area contributed by atoms with Crippen LogP contribution in [0.5, 0.6) is 0 Å². The minimum absolute atomic E-state index is 0.0951. The summed E-state index contributed by atoms with van der Waals surface area (Å²) >= 11 is 0. The number of amides is 4. The Kier molecular flexibility index (Phi) is 7.57. The van der Waals surface area contributed by atoms with E-state index in [0.29, 0.717) is 26.2 Å². The number of nitrogens with zero attached hydrogens (tertiary/aromatic N) is 3. The maximum absolute atomic E-state index is 12.4. The molecule has 1 aromatic rings. The molecule has 2 aliphatic heterocycles. The van der Waals surface area contributed by atoms with E-state index in [1.807, 2.05) is 36.9 Å². The third-order valence-corrected chi connectivity index (χ3v) is 5.64. The first-order valence-corrected chi connectivity index (χ1v) is 10.6. The Morgan fingerprint density at radius 1 is 0.938 bits per heavy atom. The SMILES string of the molecule is Cc1cccc(C)c1NC(=O)CN1CCN(C(=O)COC(=O)CN2C(=O)CCC2=O)CC1. The van der Waals surface area contributed by atoms with Gasteiger partial charge in [0, 0.05) is 44.7 Å². The van der Waals surface area contributed by atoms with Gasteiger partial charge in [-0.15, -0.1) is 0 Å². The molecule has 2 saturated heterocycles. The van der Waals surface area contributed by atoms with Gasteiger partial charge in [-0.25, -0.2) is 0 Å². The van der Waals surface area contributed by atoms with Gasteiger partial charge in [-0.3, -0.25) is 33.8 Å². The van der Waals surface area contributed by atoms with Gasteiger partial charge in [-0.2, -0.15) is 0 Å². The van der Waals surface area contributed by atoms with Gasteiger partial charge in [0.25, 0.3) is 5.91 Å². The van der Waals surface area contributed by atoms with Gasteiger partial charge in [-0.05, 0) is 25.0 Å². The van der Waals surface area contributed by atoms with Crippen molar-refractivity contribution in [2.45, 2.75) is 26.7 Å². The lowest BCUT2D eigenvalue weighted by Crippen LogP contribution is -2.51. The lowest BCUT2D eigenvalue weighted by atomic mass is 10.1. The normalized spacial score (nSPS) is 16.9. The van der Waals surface area contributed by atoms with Crippen molar-refractivity contribution in [1.29, 1.82) is 0 Å². The molecule has 10 heteroatoms. The molecule has 4 amide bonds. The standard InChI is InChI=1S/C22H28N4O6/c1-15-4-3-5-16(2)22(15)23-17(27)12-24-8-10-25(11-9-24)20(30)14-32-21(31)13-26-18(28)6-7-19(26)29/h3-5H,6-14H2,1-2H3,(H,23,27). The van der Waals surface area contributed by atoms with Crippen LogP contribution in [0.3, 0.4) is 0 Å². The molecule has 3 rings (SSSR count). The van der Waals surface area contributed by atoms with Crippen LogP contribution in [-0.2, 0) is 28.7 Å². The van der Waals surface area contributed by atoms with Crippen LogP contribution >= 0.6 is 0 Å². The summed E-state index contributed by atoms with van der Waals surface area (Å²) in [5, 5.41) is 2.96. The van der Waals surface area contributed by atoms with Crippen molar-refractivity contribution in [3.8, 4) is 0 Å². The van der Waals surface area contributed by atoms with E-state index in [0.717, 1.165) is 21.7 Å². The number of rotatable bonds is 7. The molecule has 0 aliphatic carbocycles. The number of esters is 1. The van der Waals surface area contributed by atoms with E-state index >= 15 is 0 Å². The molecule has 2 heterocycles. The highest BCUT2D eigenvalue weighted by atomic mass is 16.5. The van der Waals surface area contributed by atoms with Crippen LogP contribution in [0.2, 0.25) is 0 Å². The number of benzene rings is 1. The van der Waals surface area contributed by atoms with Crippen LogP contribution in [0, 0.1) is 13.8 Å². The Balaban J connectivity index is 1.38. The fourth-order valence-corrected chi connectivity index (χ4v) is 3.76. The summed E-state index contributed by atoms with van der Waals surface area (Å²) in [5.74, 6) is -2.06. The summed E-state index contributed by atoms with van der Waals surface area (Å²) in [7, 11) is 0. The summed E-state index contributed by atoms with van der Waals surface area (Å²) in [5.41, 5.74) is 2.83. The van der Waals surface area contributed by atoms with Crippen molar-refractivity contribution in [3.63, 3.8) is 0 Å². The first kappa shape index (κ1) is 23.4. The quantitative estimate of drug-likeness (QED) is 0.468. The van der Waals surface area contributed by atoms with E-state index in [2.05, 4.69) is 5.32 Å². The van der Waals surface area contributed by atoms with Crippen LogP contribution < -0.4 is 5.32 Å². The number of carbonyl (C=O) groups is 5. The third-order valence-electron chi connectivity index (χ3n) is 5.64. The molecule has 2 aliphatic rings. The second-order valence-electron chi connectivity index (χ2n) is 8.01. The number of carbonyl (C=O) groups excluding carboxylic acids is 5. The smallest absolute Gasteiger partial charge is 0.326 e. The van der Waals surface area contributed by atoms with Crippen molar-refractivity contribution in [2.24, 2.45) is 0 Å². The van der Waals surface area contributed by atoms with Gasteiger partial charge >= 0.3 is 5.97 Å². The summed E-state index contributed by atoms with van der Waals surface area (Å²) in [6, 6.07) is 5.83. The molecule has 1 N–H and O–H groups in total. The predicted molar refractivity (Wildman–Crippen MR) is 114 cm³/mol. The lowest BCUT2D eigenvalue weighted by molar-refractivity contribution is -0.156. The van der Waals surface area contributed by atoms with Crippen molar-refractivity contribution < 1.29 is 28.7 Å². The number of likely N-dealkylation sites (tertiary alicyclic amines) is 1. The highest BCUT2D eigenvalue weighted by Crippen LogP contribution is 2.19. The summed E-state index contributed by atoms with van der Waals surface area (Å²) in [6.45, 7) is 5.08. The van der Waals surface area contributed by atoms with Crippen LogP contribution in [0.1, 0.15) is 24.0 Å². The second kappa shape index (κ2) is 10.4. The molecule has 0 radical (unpaired) electrons. The molecular weight excluding hydrogens is 416 g/mol. The third kappa shape index (κ3) is 5.91. The number of aryl methyl sites for hydroxylation is 2. The number of para-hydroxylation sites is 1. The van der Waals surface area contributed by atoms with E-state index in [4.69, 9.17) is 4.74 Å². The summed E-state index contributed by atoms with van der Waals surface area (Å²) in [6.07, 6.45) is 0.190. The van der Waals surface area contributed by atoms with Gasteiger partial charge in [-0.1, -0.05) is 18.2 Å². The monoisotopic (exact) mass is 444 g/mol. The lowest BCUT2D eigenvalue weighted by Gasteiger charge is -2.34.